The van der Waals surface area contributed by atoms with Crippen molar-refractivity contribution in [1.82, 2.24) is 9.88 Å². The molecule has 0 atom stereocenters. The van der Waals surface area contributed by atoms with Gasteiger partial charge >= 0.3 is 0 Å². The van der Waals surface area contributed by atoms with Crippen molar-refractivity contribution in [2.75, 3.05) is 18.9 Å². The highest BCUT2D eigenvalue weighted by atomic mass is 35.5. The molecule has 28 heavy (non-hydrogen) atoms. The molecule has 1 aliphatic heterocycles. The zero-order chi connectivity index (χ0) is 20.4. The average molecular weight is 400 g/mol. The Morgan fingerprint density at radius 2 is 2.18 bits per heavy atom. The van der Waals surface area contributed by atoms with Crippen molar-refractivity contribution in [3.05, 3.63) is 40.0 Å². The van der Waals surface area contributed by atoms with Crippen LogP contribution in [0.2, 0.25) is 5.02 Å². The van der Waals surface area contributed by atoms with Crippen LogP contribution in [0, 0.1) is 11.3 Å². The van der Waals surface area contributed by atoms with Crippen LogP contribution in [-0.2, 0) is 22.6 Å². The summed E-state index contributed by atoms with van der Waals surface area (Å²) in [5, 5.41) is 9.90. The molecule has 2 aromatic rings. The third kappa shape index (κ3) is 3.70. The van der Waals surface area contributed by atoms with Crippen LogP contribution in [0.15, 0.2) is 18.2 Å². The maximum atomic E-state index is 11.8. The molecule has 2 amide bonds. The molecular weight excluding hydrogens is 382 g/mol. The molecule has 1 aromatic carbocycles. The Bertz CT molecular complexity index is 1020. The molecule has 4 N–H and O–H groups in total. The Morgan fingerprint density at radius 3 is 2.79 bits per heavy atom. The van der Waals surface area contributed by atoms with Gasteiger partial charge < -0.3 is 21.1 Å². The van der Waals surface area contributed by atoms with E-state index in [0.29, 0.717) is 36.4 Å². The van der Waals surface area contributed by atoms with Crippen molar-refractivity contribution in [1.29, 1.82) is 5.26 Å². The quantitative estimate of drug-likeness (QED) is 0.801. The number of nitrogen functional groups attached to an aromatic ring is 1. The smallest absolute Gasteiger partial charge is 0.255 e. The molecule has 1 aliphatic rings. The molecule has 8 nitrogen and oxygen atoms in total. The van der Waals surface area contributed by atoms with Crippen molar-refractivity contribution in [2.24, 2.45) is 5.73 Å². The van der Waals surface area contributed by atoms with Gasteiger partial charge in [-0.05, 0) is 17.7 Å². The lowest BCUT2D eigenvalue weighted by atomic mass is 9.91. The number of nitrogens with two attached hydrogens (primary N) is 2. The molecule has 0 aliphatic carbocycles. The molecule has 0 unspecified atom stereocenters. The van der Waals surface area contributed by atoms with E-state index in [1.807, 2.05) is 0 Å². The van der Waals surface area contributed by atoms with E-state index >= 15 is 0 Å². The molecule has 3 rings (SSSR count). The Morgan fingerprint density at radius 1 is 1.43 bits per heavy atom. The number of nitrogens with zero attached hydrogens (tertiary/aromatic N) is 3. The monoisotopic (exact) mass is 399 g/mol. The predicted molar refractivity (Wildman–Crippen MR) is 103 cm³/mol. The Hall–Kier alpha value is -3.31. The maximum Gasteiger partial charge on any atom is 0.255 e. The van der Waals surface area contributed by atoms with Crippen LogP contribution < -0.4 is 16.2 Å². The van der Waals surface area contributed by atoms with Gasteiger partial charge in [-0.3, -0.25) is 9.59 Å². The molecule has 144 valence electrons. The molecule has 0 spiro atoms. The first-order valence-corrected chi connectivity index (χ1v) is 8.87. The molecule has 9 heteroatoms. The number of hydrogen-bond donors (Lipinski definition) is 2. The molecule has 2 heterocycles. The second-order valence-electron chi connectivity index (χ2n) is 6.37. The number of nitriles is 1. The predicted octanol–water partition coefficient (Wildman–Crippen LogP) is 1.62. The first-order valence-electron chi connectivity index (χ1n) is 8.49. The second-order valence-corrected chi connectivity index (χ2v) is 6.78. The number of fused-ring (bicyclic) bond motifs is 1. The SMILES string of the molecule is CC(=O)N1CCc2nc(N)c(C#N)c(-c3ccc(OCC(N)=O)c(Cl)c3)c2C1. The highest BCUT2D eigenvalue weighted by molar-refractivity contribution is 6.32. The van der Waals surface area contributed by atoms with E-state index in [2.05, 4.69) is 11.1 Å². The summed E-state index contributed by atoms with van der Waals surface area (Å²) < 4.78 is 5.27. The molecule has 1 aromatic heterocycles. The van der Waals surface area contributed by atoms with E-state index in [4.69, 9.17) is 27.8 Å². The number of hydrogen-bond acceptors (Lipinski definition) is 6. The standard InChI is InChI=1S/C19H18ClN5O3/c1-10(26)25-5-4-15-13(8-25)18(12(7-21)19(23)24-15)11-2-3-16(14(20)6-11)28-9-17(22)27/h2-3,6H,4-5,8-9H2,1H3,(H2,22,27)(H2,23,24). The Labute approximate surface area is 166 Å². The number of ether oxygens (including phenoxy) is 1. The topological polar surface area (TPSA) is 135 Å². The maximum absolute atomic E-state index is 11.8. The van der Waals surface area contributed by atoms with Gasteiger partial charge in [0.15, 0.2) is 6.61 Å². The van der Waals surface area contributed by atoms with Crippen molar-refractivity contribution in [3.63, 3.8) is 0 Å². The van der Waals surface area contributed by atoms with Gasteiger partial charge in [-0.15, -0.1) is 0 Å². The minimum atomic E-state index is -0.618. The van der Waals surface area contributed by atoms with Gasteiger partial charge in [0.2, 0.25) is 5.91 Å². The van der Waals surface area contributed by atoms with E-state index in [0.717, 1.165) is 11.3 Å². The van der Waals surface area contributed by atoms with Crippen LogP contribution in [0.5, 0.6) is 5.75 Å². The average Bonchev–Trinajstić information content (AvgIpc) is 2.65. The summed E-state index contributed by atoms with van der Waals surface area (Å²) in [7, 11) is 0. The highest BCUT2D eigenvalue weighted by Crippen LogP contribution is 2.38. The Kier molecular flexibility index (Phi) is 5.38. The lowest BCUT2D eigenvalue weighted by Crippen LogP contribution is -2.35. The van der Waals surface area contributed by atoms with Crippen LogP contribution >= 0.6 is 11.6 Å². The first-order chi connectivity index (χ1) is 13.3. The number of halogens is 1. The first kappa shape index (κ1) is 19.5. The largest absolute Gasteiger partial charge is 0.482 e. The number of aromatic nitrogens is 1. The zero-order valence-corrected chi connectivity index (χ0v) is 15.9. The summed E-state index contributed by atoms with van der Waals surface area (Å²) in [4.78, 5) is 28.8. The minimum absolute atomic E-state index is 0.0554. The highest BCUT2D eigenvalue weighted by Gasteiger charge is 2.26. The van der Waals surface area contributed by atoms with Gasteiger partial charge in [-0.1, -0.05) is 17.7 Å². The number of amides is 2. The number of carbonyl (C=O) groups excluding carboxylic acids is 2. The Balaban J connectivity index is 2.12. The van der Waals surface area contributed by atoms with Crippen molar-refractivity contribution in [3.8, 4) is 22.9 Å². The van der Waals surface area contributed by atoms with Gasteiger partial charge in [0.25, 0.3) is 5.91 Å². The number of primary amides is 1. The molecule has 0 radical (unpaired) electrons. The zero-order valence-electron chi connectivity index (χ0n) is 15.2. The minimum Gasteiger partial charge on any atom is -0.482 e. The summed E-state index contributed by atoms with van der Waals surface area (Å²) in [5.74, 6) is -0.242. The fourth-order valence-corrected chi connectivity index (χ4v) is 3.44. The molecule has 0 fully saturated rings. The van der Waals surface area contributed by atoms with E-state index < -0.39 is 5.91 Å². The summed E-state index contributed by atoms with van der Waals surface area (Å²) >= 11 is 6.29. The van der Waals surface area contributed by atoms with E-state index in [1.54, 1.807) is 23.1 Å². The number of pyridine rings is 1. The fourth-order valence-electron chi connectivity index (χ4n) is 3.20. The van der Waals surface area contributed by atoms with Gasteiger partial charge in [-0.25, -0.2) is 4.98 Å². The van der Waals surface area contributed by atoms with E-state index in [9.17, 15) is 14.9 Å². The normalized spacial score (nSPS) is 12.8. The second kappa shape index (κ2) is 7.74. The van der Waals surface area contributed by atoms with Gasteiger partial charge in [0.1, 0.15) is 23.2 Å². The number of carbonyl (C=O) groups is 2. The molecule has 0 bridgehead atoms. The molecule has 0 saturated heterocycles. The van der Waals surface area contributed by atoms with Crippen molar-refractivity contribution >= 4 is 29.2 Å². The van der Waals surface area contributed by atoms with Crippen LogP contribution in [-0.4, -0.2) is 34.8 Å². The number of benzene rings is 1. The molecular formula is C19H18ClN5O3. The summed E-state index contributed by atoms with van der Waals surface area (Å²) in [6.07, 6.45) is 0.547. The van der Waals surface area contributed by atoms with Gasteiger partial charge in [-0.2, -0.15) is 5.26 Å². The molecule has 0 saturated carbocycles. The number of rotatable bonds is 4. The summed E-state index contributed by atoms with van der Waals surface area (Å²) in [6, 6.07) is 7.04. The third-order valence-electron chi connectivity index (χ3n) is 4.53. The van der Waals surface area contributed by atoms with Crippen LogP contribution in [0.3, 0.4) is 0 Å². The lowest BCUT2D eigenvalue weighted by Gasteiger charge is -2.30. The fraction of sp³-hybridized carbons (Fsp3) is 0.263. The summed E-state index contributed by atoms with van der Waals surface area (Å²) in [6.45, 7) is 2.08. The van der Waals surface area contributed by atoms with Crippen LogP contribution in [0.1, 0.15) is 23.7 Å². The van der Waals surface area contributed by atoms with Crippen LogP contribution in [0.25, 0.3) is 11.1 Å². The third-order valence-corrected chi connectivity index (χ3v) is 4.82. The van der Waals surface area contributed by atoms with Crippen molar-refractivity contribution in [2.45, 2.75) is 19.9 Å². The van der Waals surface area contributed by atoms with E-state index in [1.165, 1.54) is 6.92 Å². The van der Waals surface area contributed by atoms with Crippen LogP contribution in [0.4, 0.5) is 5.82 Å². The number of anilines is 1. The van der Waals surface area contributed by atoms with Gasteiger partial charge in [0, 0.05) is 37.6 Å². The van der Waals surface area contributed by atoms with E-state index in [-0.39, 0.29) is 28.9 Å². The lowest BCUT2D eigenvalue weighted by molar-refractivity contribution is -0.129. The van der Waals surface area contributed by atoms with Gasteiger partial charge in [0.05, 0.1) is 10.7 Å². The summed E-state index contributed by atoms with van der Waals surface area (Å²) in [5.41, 5.74) is 14.1. The van der Waals surface area contributed by atoms with Crippen molar-refractivity contribution < 1.29 is 14.3 Å².